The van der Waals surface area contributed by atoms with Crippen molar-refractivity contribution >= 4 is 28.7 Å². The average molecular weight is 398 g/mol. The second-order valence-corrected chi connectivity index (χ2v) is 7.45. The molecular formula is C21H22N2O4S. The van der Waals surface area contributed by atoms with Crippen LogP contribution in [0.1, 0.15) is 11.1 Å². The molecule has 28 heavy (non-hydrogen) atoms. The number of aryl methyl sites for hydroxylation is 2. The first kappa shape index (κ1) is 19.9. The molecule has 0 atom stereocenters. The van der Waals surface area contributed by atoms with Gasteiger partial charge in [0.15, 0.2) is 18.4 Å². The Morgan fingerprint density at radius 3 is 2.04 bits per heavy atom. The maximum atomic E-state index is 12.5. The summed E-state index contributed by atoms with van der Waals surface area (Å²) in [6.07, 6.45) is 0. The smallest absolute Gasteiger partial charge is 0.285 e. The van der Waals surface area contributed by atoms with Gasteiger partial charge in [0.25, 0.3) is 11.8 Å². The summed E-state index contributed by atoms with van der Waals surface area (Å²) in [5, 5.41) is 0.398. The van der Waals surface area contributed by atoms with E-state index >= 15 is 0 Å². The number of carbonyl (C=O) groups is 2. The third-order valence-electron chi connectivity index (χ3n) is 4.06. The molecule has 0 aromatic heterocycles. The van der Waals surface area contributed by atoms with Crippen LogP contribution in [0.25, 0.3) is 0 Å². The van der Waals surface area contributed by atoms with Gasteiger partial charge in [0.05, 0.1) is 0 Å². The van der Waals surface area contributed by atoms with E-state index in [0.29, 0.717) is 29.0 Å². The van der Waals surface area contributed by atoms with Crippen LogP contribution < -0.4 is 9.47 Å². The van der Waals surface area contributed by atoms with Gasteiger partial charge in [-0.1, -0.05) is 47.2 Å². The number of amides is 2. The van der Waals surface area contributed by atoms with Gasteiger partial charge in [-0.25, -0.2) is 0 Å². The van der Waals surface area contributed by atoms with Crippen molar-refractivity contribution in [1.29, 1.82) is 0 Å². The zero-order chi connectivity index (χ0) is 19.9. The van der Waals surface area contributed by atoms with E-state index in [9.17, 15) is 9.59 Å². The molecule has 1 saturated heterocycles. The Hall–Kier alpha value is -2.80. The molecule has 0 spiro atoms. The number of hydrogen-bond acceptors (Lipinski definition) is 5. The zero-order valence-corrected chi connectivity index (χ0v) is 16.7. The molecule has 6 nitrogen and oxygen atoms in total. The van der Waals surface area contributed by atoms with Crippen LogP contribution in [0, 0.1) is 13.8 Å². The minimum atomic E-state index is -0.428. The maximum absolute atomic E-state index is 12.5. The minimum Gasteiger partial charge on any atom is -0.484 e. The van der Waals surface area contributed by atoms with Gasteiger partial charge in [0.1, 0.15) is 11.5 Å². The Morgan fingerprint density at radius 2 is 1.46 bits per heavy atom. The lowest BCUT2D eigenvalue weighted by molar-refractivity contribution is -0.129. The van der Waals surface area contributed by atoms with Crippen molar-refractivity contribution in [3.63, 3.8) is 0 Å². The van der Waals surface area contributed by atoms with Crippen LogP contribution >= 0.6 is 11.8 Å². The summed E-state index contributed by atoms with van der Waals surface area (Å²) in [6.45, 7) is 4.20. The van der Waals surface area contributed by atoms with E-state index in [1.165, 1.54) is 16.7 Å². The summed E-state index contributed by atoms with van der Waals surface area (Å²) in [7, 11) is 0. The number of benzene rings is 2. The van der Waals surface area contributed by atoms with E-state index in [1.54, 1.807) is 12.1 Å². The molecule has 1 aliphatic heterocycles. The monoisotopic (exact) mass is 398 g/mol. The molecule has 1 heterocycles. The lowest BCUT2D eigenvalue weighted by atomic mass is 10.2. The molecule has 146 valence electrons. The summed E-state index contributed by atoms with van der Waals surface area (Å²) >= 11 is 1.38. The van der Waals surface area contributed by atoms with E-state index in [1.807, 2.05) is 50.2 Å². The van der Waals surface area contributed by atoms with Crippen molar-refractivity contribution in [1.82, 2.24) is 4.90 Å². The van der Waals surface area contributed by atoms with Gasteiger partial charge < -0.3 is 9.47 Å². The largest absolute Gasteiger partial charge is 0.484 e. The quantitative estimate of drug-likeness (QED) is 0.747. The van der Waals surface area contributed by atoms with Gasteiger partial charge in [-0.05, 0) is 38.1 Å². The second kappa shape index (κ2) is 9.41. The standard InChI is InChI=1S/C21H22N2O4S/c1-15-3-7-17(8-4-15)26-13-19(24)22-21-23(11-12-28-21)20(25)14-27-18-9-5-16(2)6-10-18/h3-10H,11-14H2,1-2H3. The number of thioether (sulfide) groups is 1. The third kappa shape index (κ3) is 5.60. The lowest BCUT2D eigenvalue weighted by Crippen LogP contribution is -2.36. The fourth-order valence-corrected chi connectivity index (χ4v) is 3.47. The number of aliphatic imine (C=N–C) groups is 1. The van der Waals surface area contributed by atoms with Crippen molar-refractivity contribution in [3.8, 4) is 11.5 Å². The summed E-state index contributed by atoms with van der Waals surface area (Å²) in [4.78, 5) is 30.1. The molecule has 0 unspecified atom stereocenters. The zero-order valence-electron chi connectivity index (χ0n) is 15.9. The van der Waals surface area contributed by atoms with Gasteiger partial charge in [-0.2, -0.15) is 4.99 Å². The average Bonchev–Trinajstić information content (AvgIpc) is 3.15. The molecule has 1 aliphatic rings. The van der Waals surface area contributed by atoms with E-state index in [2.05, 4.69) is 4.99 Å². The van der Waals surface area contributed by atoms with Gasteiger partial charge >= 0.3 is 0 Å². The number of amidine groups is 1. The van der Waals surface area contributed by atoms with Crippen LogP contribution in [0.4, 0.5) is 0 Å². The number of carbonyl (C=O) groups excluding carboxylic acids is 2. The van der Waals surface area contributed by atoms with Crippen molar-refractivity contribution in [2.75, 3.05) is 25.5 Å². The number of hydrogen-bond donors (Lipinski definition) is 0. The van der Waals surface area contributed by atoms with E-state index in [-0.39, 0.29) is 19.1 Å². The lowest BCUT2D eigenvalue weighted by Gasteiger charge is -2.16. The number of ether oxygens (including phenoxy) is 2. The first-order valence-electron chi connectivity index (χ1n) is 8.95. The predicted octanol–water partition coefficient (Wildman–Crippen LogP) is 3.22. The highest BCUT2D eigenvalue weighted by molar-refractivity contribution is 8.14. The van der Waals surface area contributed by atoms with Gasteiger partial charge in [-0.3, -0.25) is 14.5 Å². The molecular weight excluding hydrogens is 376 g/mol. The first-order chi connectivity index (χ1) is 13.5. The number of nitrogens with zero attached hydrogens (tertiary/aromatic N) is 2. The molecule has 0 radical (unpaired) electrons. The summed E-state index contributed by atoms with van der Waals surface area (Å²) in [6, 6.07) is 14.9. The van der Waals surface area contributed by atoms with Crippen molar-refractivity contribution in [2.24, 2.45) is 4.99 Å². The fraction of sp³-hybridized carbons (Fsp3) is 0.286. The normalized spacial score (nSPS) is 14.9. The van der Waals surface area contributed by atoms with Crippen LogP contribution in [-0.4, -0.2) is 47.4 Å². The molecule has 2 aromatic carbocycles. The molecule has 7 heteroatoms. The van der Waals surface area contributed by atoms with E-state index in [0.717, 1.165) is 11.1 Å². The summed E-state index contributed by atoms with van der Waals surface area (Å²) in [5.41, 5.74) is 2.23. The molecule has 3 rings (SSSR count). The second-order valence-electron chi connectivity index (χ2n) is 6.39. The molecule has 2 aromatic rings. The number of rotatable bonds is 6. The van der Waals surface area contributed by atoms with Crippen molar-refractivity contribution < 1.29 is 19.1 Å². The molecule has 2 amide bonds. The Kier molecular flexibility index (Phi) is 6.71. The Labute approximate surface area is 168 Å². The van der Waals surface area contributed by atoms with Crippen LogP contribution in [-0.2, 0) is 9.59 Å². The minimum absolute atomic E-state index is 0.100. The van der Waals surface area contributed by atoms with E-state index < -0.39 is 5.91 Å². The highest BCUT2D eigenvalue weighted by Gasteiger charge is 2.27. The Morgan fingerprint density at radius 1 is 0.929 bits per heavy atom. The van der Waals surface area contributed by atoms with Crippen molar-refractivity contribution in [3.05, 3.63) is 59.7 Å². The highest BCUT2D eigenvalue weighted by Crippen LogP contribution is 2.19. The topological polar surface area (TPSA) is 68.2 Å². The van der Waals surface area contributed by atoms with Crippen LogP contribution in [0.3, 0.4) is 0 Å². The highest BCUT2D eigenvalue weighted by atomic mass is 32.2. The fourth-order valence-electron chi connectivity index (χ4n) is 2.50. The third-order valence-corrected chi connectivity index (χ3v) is 5.02. The van der Waals surface area contributed by atoms with Crippen molar-refractivity contribution in [2.45, 2.75) is 13.8 Å². The van der Waals surface area contributed by atoms with Gasteiger partial charge in [0.2, 0.25) is 0 Å². The van der Waals surface area contributed by atoms with Gasteiger partial charge in [0, 0.05) is 12.3 Å². The molecule has 0 aliphatic carbocycles. The summed E-state index contributed by atoms with van der Waals surface area (Å²) < 4.78 is 11.0. The first-order valence-corrected chi connectivity index (χ1v) is 9.93. The molecule has 1 fully saturated rings. The Balaban J connectivity index is 1.53. The molecule has 0 bridgehead atoms. The predicted molar refractivity (Wildman–Crippen MR) is 110 cm³/mol. The van der Waals surface area contributed by atoms with Gasteiger partial charge in [-0.15, -0.1) is 0 Å². The van der Waals surface area contributed by atoms with Crippen LogP contribution in [0.2, 0.25) is 0 Å². The molecule has 0 N–H and O–H groups in total. The van der Waals surface area contributed by atoms with Crippen LogP contribution in [0.5, 0.6) is 11.5 Å². The SMILES string of the molecule is Cc1ccc(OCC(=O)N=C2SCCN2C(=O)COc2ccc(C)cc2)cc1. The summed E-state index contributed by atoms with van der Waals surface area (Å²) in [5.74, 6) is 1.28. The maximum Gasteiger partial charge on any atom is 0.285 e. The molecule has 0 saturated carbocycles. The van der Waals surface area contributed by atoms with E-state index in [4.69, 9.17) is 9.47 Å². The van der Waals surface area contributed by atoms with Crippen LogP contribution in [0.15, 0.2) is 53.5 Å². The Bertz CT molecular complexity index is 863.